The van der Waals surface area contributed by atoms with E-state index in [1.54, 1.807) is 6.26 Å². The zero-order valence-electron chi connectivity index (χ0n) is 16.3. The average Bonchev–Trinajstić information content (AvgIpc) is 3.52. The predicted octanol–water partition coefficient (Wildman–Crippen LogP) is 4.09. The van der Waals surface area contributed by atoms with Crippen LogP contribution in [0.25, 0.3) is 0 Å². The van der Waals surface area contributed by atoms with E-state index < -0.39 is 0 Å². The minimum absolute atomic E-state index is 0.0284. The number of pyridine rings is 2. The van der Waals surface area contributed by atoms with E-state index >= 15 is 0 Å². The highest BCUT2D eigenvalue weighted by molar-refractivity contribution is 7.80. The number of hydrogen-bond acceptors (Lipinski definition) is 4. The second-order valence-corrected chi connectivity index (χ2v) is 7.60. The number of nitrogens with one attached hydrogen (secondary N) is 1. The SMILES string of the molecule is S=C1N[C@H](c2ccccn2)[C@@H](c2cccn2Cc2ccco2)N1Cc1ccccn1. The van der Waals surface area contributed by atoms with Crippen LogP contribution in [0.2, 0.25) is 0 Å². The van der Waals surface area contributed by atoms with E-state index in [4.69, 9.17) is 16.6 Å². The zero-order chi connectivity index (χ0) is 20.3. The van der Waals surface area contributed by atoms with Crippen molar-refractivity contribution >= 4 is 17.3 Å². The molecule has 0 unspecified atom stereocenters. The molecular formula is C23H21N5OS. The number of thiocarbonyl (C=S) groups is 1. The van der Waals surface area contributed by atoms with Gasteiger partial charge in [0, 0.05) is 24.3 Å². The highest BCUT2D eigenvalue weighted by Crippen LogP contribution is 2.39. The molecule has 4 aromatic heterocycles. The Morgan fingerprint density at radius 2 is 1.80 bits per heavy atom. The van der Waals surface area contributed by atoms with Gasteiger partial charge in [0.2, 0.25) is 0 Å². The van der Waals surface area contributed by atoms with Crippen LogP contribution >= 0.6 is 12.2 Å². The number of nitrogens with zero attached hydrogens (tertiary/aromatic N) is 4. The van der Waals surface area contributed by atoms with Crippen LogP contribution in [0.4, 0.5) is 0 Å². The standard InChI is InChI=1S/C23H21N5OS/c30-23-26-21(19-9-2-4-12-25-19)22(28(23)15-17-7-1-3-11-24-17)20-10-5-13-27(20)16-18-8-6-14-29-18/h1-14,21-22H,15-16H2,(H,26,30)/t21-,22-/m1/s1. The molecule has 2 atom stereocenters. The maximum Gasteiger partial charge on any atom is 0.170 e. The summed E-state index contributed by atoms with van der Waals surface area (Å²) in [6.45, 7) is 1.28. The van der Waals surface area contributed by atoms with Crippen LogP contribution in [0.1, 0.15) is 34.9 Å². The van der Waals surface area contributed by atoms with Crippen molar-refractivity contribution in [2.45, 2.75) is 25.2 Å². The quantitative estimate of drug-likeness (QED) is 0.479. The van der Waals surface area contributed by atoms with E-state index in [1.807, 2.05) is 60.9 Å². The van der Waals surface area contributed by atoms with Gasteiger partial charge in [0.05, 0.1) is 42.8 Å². The Hall–Kier alpha value is -3.45. The molecule has 1 N–H and O–H groups in total. The summed E-state index contributed by atoms with van der Waals surface area (Å²) < 4.78 is 7.79. The normalized spacial score (nSPS) is 18.5. The molecule has 0 bridgehead atoms. The van der Waals surface area contributed by atoms with E-state index in [0.717, 1.165) is 22.8 Å². The third-order valence-corrected chi connectivity index (χ3v) is 5.68. The van der Waals surface area contributed by atoms with E-state index in [-0.39, 0.29) is 12.1 Å². The molecule has 5 rings (SSSR count). The van der Waals surface area contributed by atoms with Crippen molar-refractivity contribution in [3.63, 3.8) is 0 Å². The summed E-state index contributed by atoms with van der Waals surface area (Å²) in [5.41, 5.74) is 3.07. The molecule has 0 spiro atoms. The third-order valence-electron chi connectivity index (χ3n) is 5.33. The van der Waals surface area contributed by atoms with Crippen molar-refractivity contribution in [3.8, 4) is 0 Å². The van der Waals surface area contributed by atoms with Crippen molar-refractivity contribution in [1.29, 1.82) is 0 Å². The van der Waals surface area contributed by atoms with Gasteiger partial charge in [-0.05, 0) is 60.7 Å². The number of aromatic nitrogens is 3. The molecular weight excluding hydrogens is 394 g/mol. The second kappa shape index (κ2) is 8.12. The highest BCUT2D eigenvalue weighted by atomic mass is 32.1. The van der Waals surface area contributed by atoms with Crippen LogP contribution in [-0.4, -0.2) is 24.5 Å². The van der Waals surface area contributed by atoms with Crippen LogP contribution in [-0.2, 0) is 13.1 Å². The van der Waals surface area contributed by atoms with Gasteiger partial charge < -0.3 is 19.2 Å². The molecule has 5 heterocycles. The highest BCUT2D eigenvalue weighted by Gasteiger charge is 2.41. The number of hydrogen-bond donors (Lipinski definition) is 1. The Morgan fingerprint density at radius 3 is 2.53 bits per heavy atom. The maximum atomic E-state index is 5.76. The molecule has 1 fully saturated rings. The van der Waals surface area contributed by atoms with Crippen LogP contribution in [0.3, 0.4) is 0 Å². The van der Waals surface area contributed by atoms with Gasteiger partial charge >= 0.3 is 0 Å². The summed E-state index contributed by atoms with van der Waals surface area (Å²) in [6, 6.07) is 19.9. The van der Waals surface area contributed by atoms with Crippen LogP contribution in [0.5, 0.6) is 0 Å². The van der Waals surface area contributed by atoms with Crippen molar-refractivity contribution in [1.82, 2.24) is 24.8 Å². The molecule has 0 aromatic carbocycles. The Kier molecular flexibility index (Phi) is 5.03. The van der Waals surface area contributed by atoms with Crippen molar-refractivity contribution < 1.29 is 4.42 Å². The van der Waals surface area contributed by atoms with Gasteiger partial charge in [0.1, 0.15) is 5.76 Å². The van der Waals surface area contributed by atoms with Crippen molar-refractivity contribution in [2.75, 3.05) is 0 Å². The van der Waals surface area contributed by atoms with Crippen LogP contribution < -0.4 is 5.32 Å². The molecule has 6 nitrogen and oxygen atoms in total. The lowest BCUT2D eigenvalue weighted by molar-refractivity contribution is 0.294. The Balaban J connectivity index is 1.54. The second-order valence-electron chi connectivity index (χ2n) is 7.22. The monoisotopic (exact) mass is 415 g/mol. The van der Waals surface area contributed by atoms with Gasteiger partial charge in [0.15, 0.2) is 5.11 Å². The van der Waals surface area contributed by atoms with E-state index in [2.05, 4.69) is 43.1 Å². The summed E-state index contributed by atoms with van der Waals surface area (Å²) in [7, 11) is 0. The molecule has 0 radical (unpaired) electrons. The average molecular weight is 416 g/mol. The maximum absolute atomic E-state index is 5.76. The van der Waals surface area contributed by atoms with Gasteiger partial charge in [-0.3, -0.25) is 9.97 Å². The molecule has 0 aliphatic carbocycles. The minimum atomic E-state index is -0.0623. The van der Waals surface area contributed by atoms with Gasteiger partial charge in [-0.2, -0.15) is 0 Å². The summed E-state index contributed by atoms with van der Waals surface area (Å²) >= 11 is 5.76. The van der Waals surface area contributed by atoms with Crippen molar-refractivity contribution in [3.05, 3.63) is 108 Å². The summed E-state index contributed by atoms with van der Waals surface area (Å²) in [5.74, 6) is 0.909. The zero-order valence-corrected chi connectivity index (χ0v) is 17.1. The number of rotatable bonds is 6. The van der Waals surface area contributed by atoms with Gasteiger partial charge in [-0.1, -0.05) is 12.1 Å². The van der Waals surface area contributed by atoms with E-state index in [1.165, 1.54) is 0 Å². The molecule has 30 heavy (non-hydrogen) atoms. The van der Waals surface area contributed by atoms with Crippen molar-refractivity contribution in [2.24, 2.45) is 0 Å². The fourth-order valence-corrected chi connectivity index (χ4v) is 4.28. The Labute approximate surface area is 180 Å². The molecule has 1 aliphatic heterocycles. The largest absolute Gasteiger partial charge is 0.467 e. The Bertz CT molecular complexity index is 1110. The van der Waals surface area contributed by atoms with Gasteiger partial charge in [-0.15, -0.1) is 0 Å². The first-order chi connectivity index (χ1) is 14.8. The van der Waals surface area contributed by atoms with E-state index in [0.29, 0.717) is 18.2 Å². The molecule has 7 heteroatoms. The molecule has 0 amide bonds. The lowest BCUT2D eigenvalue weighted by Crippen LogP contribution is -2.30. The first-order valence-corrected chi connectivity index (χ1v) is 10.3. The number of furan rings is 1. The van der Waals surface area contributed by atoms with Gasteiger partial charge in [0.25, 0.3) is 0 Å². The summed E-state index contributed by atoms with van der Waals surface area (Å²) in [4.78, 5) is 11.3. The fourth-order valence-electron chi connectivity index (χ4n) is 3.97. The molecule has 150 valence electrons. The van der Waals surface area contributed by atoms with Crippen LogP contribution in [0, 0.1) is 0 Å². The lowest BCUT2D eigenvalue weighted by atomic mass is 10.0. The molecule has 0 saturated carbocycles. The third kappa shape index (κ3) is 3.59. The fraction of sp³-hybridized carbons (Fsp3) is 0.174. The minimum Gasteiger partial charge on any atom is -0.467 e. The predicted molar refractivity (Wildman–Crippen MR) is 117 cm³/mol. The van der Waals surface area contributed by atoms with Crippen LogP contribution in [0.15, 0.2) is 89.9 Å². The first kappa shape index (κ1) is 18.6. The van der Waals surface area contributed by atoms with E-state index in [9.17, 15) is 0 Å². The first-order valence-electron chi connectivity index (χ1n) is 9.85. The summed E-state index contributed by atoms with van der Waals surface area (Å²) in [5, 5.41) is 4.20. The molecule has 4 aromatic rings. The van der Waals surface area contributed by atoms with Gasteiger partial charge in [-0.25, -0.2) is 0 Å². The molecule has 1 saturated heterocycles. The smallest absolute Gasteiger partial charge is 0.170 e. The topological polar surface area (TPSA) is 59.1 Å². The molecule has 1 aliphatic rings. The summed E-state index contributed by atoms with van der Waals surface area (Å²) in [6.07, 6.45) is 7.41. The Morgan fingerprint density at radius 1 is 0.933 bits per heavy atom. The lowest BCUT2D eigenvalue weighted by Gasteiger charge is -2.28.